The summed E-state index contributed by atoms with van der Waals surface area (Å²) in [6.45, 7) is 9.64. The van der Waals surface area contributed by atoms with Gasteiger partial charge in [-0.05, 0) is 46.2 Å². The predicted octanol–water partition coefficient (Wildman–Crippen LogP) is 1.27. The Labute approximate surface area is 142 Å². The summed E-state index contributed by atoms with van der Waals surface area (Å²) in [4.78, 5) is 2.35. The van der Waals surface area contributed by atoms with E-state index in [1.54, 1.807) is 4.31 Å². The molecule has 2 N–H and O–H groups in total. The Morgan fingerprint density at radius 1 is 1.09 bits per heavy atom. The molecular formula is C16H35N3O3S. The van der Waals surface area contributed by atoms with Gasteiger partial charge in [0.05, 0.1) is 19.0 Å². The van der Waals surface area contributed by atoms with E-state index < -0.39 is 10.0 Å². The summed E-state index contributed by atoms with van der Waals surface area (Å²) in [5.41, 5.74) is 5.46. The molecule has 1 aliphatic heterocycles. The van der Waals surface area contributed by atoms with Crippen LogP contribution < -0.4 is 5.73 Å². The molecule has 0 radical (unpaired) electrons. The maximum atomic E-state index is 12.6. The summed E-state index contributed by atoms with van der Waals surface area (Å²) in [5.74, 6) is 0.257. The number of nitrogens with two attached hydrogens (primary N) is 1. The smallest absolute Gasteiger partial charge is 0.214 e. The van der Waals surface area contributed by atoms with Gasteiger partial charge in [-0.15, -0.1) is 0 Å². The van der Waals surface area contributed by atoms with Crippen molar-refractivity contribution in [2.45, 2.75) is 52.0 Å². The molecule has 0 unspecified atom stereocenters. The molecule has 7 heteroatoms. The average Bonchev–Trinajstić information content (AvgIpc) is 2.51. The normalized spacial score (nSPS) is 17.3. The van der Waals surface area contributed by atoms with Crippen LogP contribution in [0, 0.1) is 0 Å². The molecule has 1 rings (SSSR count). The summed E-state index contributed by atoms with van der Waals surface area (Å²) in [6, 6.07) is 0.0220. The van der Waals surface area contributed by atoms with Gasteiger partial charge in [0, 0.05) is 25.7 Å². The van der Waals surface area contributed by atoms with Crippen LogP contribution in [-0.2, 0) is 14.8 Å². The van der Waals surface area contributed by atoms with Gasteiger partial charge in [-0.3, -0.25) is 4.90 Å². The second-order valence-corrected chi connectivity index (χ2v) is 8.57. The Kier molecular flexibility index (Phi) is 10.3. The van der Waals surface area contributed by atoms with E-state index in [2.05, 4.69) is 4.90 Å². The summed E-state index contributed by atoms with van der Waals surface area (Å²) >= 11 is 0. The maximum Gasteiger partial charge on any atom is 0.214 e. The van der Waals surface area contributed by atoms with Crippen LogP contribution in [0.1, 0.15) is 46.0 Å². The van der Waals surface area contributed by atoms with Crippen LogP contribution in [0.25, 0.3) is 0 Å². The van der Waals surface area contributed by atoms with E-state index in [1.165, 1.54) is 0 Å². The summed E-state index contributed by atoms with van der Waals surface area (Å²) < 4.78 is 32.1. The number of unbranched alkanes of at least 4 members (excludes halogenated alkanes) is 3. The molecule has 0 aliphatic carbocycles. The SMILES string of the molecule is CC(C)N(CCCN1CCOCC1)S(=O)(=O)CCCCCCN. The molecule has 1 aliphatic rings. The quantitative estimate of drug-likeness (QED) is 0.537. The molecule has 23 heavy (non-hydrogen) atoms. The molecule has 0 saturated carbocycles. The maximum absolute atomic E-state index is 12.6. The third kappa shape index (κ3) is 8.44. The van der Waals surface area contributed by atoms with Crippen LogP contribution in [0.5, 0.6) is 0 Å². The fraction of sp³-hybridized carbons (Fsp3) is 1.00. The van der Waals surface area contributed by atoms with Gasteiger partial charge in [0.1, 0.15) is 0 Å². The zero-order chi connectivity index (χ0) is 17.1. The lowest BCUT2D eigenvalue weighted by atomic mass is 10.2. The fourth-order valence-electron chi connectivity index (χ4n) is 2.89. The molecule has 0 aromatic rings. The van der Waals surface area contributed by atoms with Gasteiger partial charge in [-0.25, -0.2) is 8.42 Å². The molecule has 1 saturated heterocycles. The molecule has 1 fully saturated rings. The van der Waals surface area contributed by atoms with Crippen molar-refractivity contribution in [3.8, 4) is 0 Å². The lowest BCUT2D eigenvalue weighted by molar-refractivity contribution is 0.0367. The number of hydrogen-bond donors (Lipinski definition) is 1. The molecule has 0 bridgehead atoms. The number of morpholine rings is 1. The van der Waals surface area contributed by atoms with Crippen molar-refractivity contribution in [3.05, 3.63) is 0 Å². The third-order valence-electron chi connectivity index (χ3n) is 4.25. The highest BCUT2D eigenvalue weighted by Crippen LogP contribution is 2.12. The molecule has 6 nitrogen and oxygen atoms in total. The van der Waals surface area contributed by atoms with E-state index in [9.17, 15) is 8.42 Å². The van der Waals surface area contributed by atoms with Gasteiger partial charge in [0.25, 0.3) is 0 Å². The van der Waals surface area contributed by atoms with E-state index in [0.29, 0.717) is 13.1 Å². The van der Waals surface area contributed by atoms with Crippen LogP contribution >= 0.6 is 0 Å². The van der Waals surface area contributed by atoms with Gasteiger partial charge in [-0.1, -0.05) is 12.8 Å². The zero-order valence-electron chi connectivity index (χ0n) is 14.9. The second-order valence-electron chi connectivity index (χ2n) is 6.53. The molecule has 0 amide bonds. The van der Waals surface area contributed by atoms with Crippen molar-refractivity contribution in [2.75, 3.05) is 51.7 Å². The van der Waals surface area contributed by atoms with Gasteiger partial charge < -0.3 is 10.5 Å². The van der Waals surface area contributed by atoms with E-state index in [0.717, 1.165) is 65.0 Å². The van der Waals surface area contributed by atoms with Crippen molar-refractivity contribution in [2.24, 2.45) is 5.73 Å². The minimum atomic E-state index is -3.15. The van der Waals surface area contributed by atoms with Crippen molar-refractivity contribution >= 4 is 10.0 Å². The predicted molar refractivity (Wildman–Crippen MR) is 95.0 cm³/mol. The van der Waals surface area contributed by atoms with E-state index in [-0.39, 0.29) is 11.8 Å². The summed E-state index contributed by atoms with van der Waals surface area (Å²) in [5, 5.41) is 0. The standard InChI is InChI=1S/C16H35N3O3S/c1-16(2)19(10-7-9-18-11-13-22-14-12-18)23(20,21)15-6-4-3-5-8-17/h16H,3-15,17H2,1-2H3. The molecular weight excluding hydrogens is 314 g/mol. The third-order valence-corrected chi connectivity index (χ3v) is 6.37. The highest BCUT2D eigenvalue weighted by molar-refractivity contribution is 7.89. The van der Waals surface area contributed by atoms with Crippen molar-refractivity contribution in [3.63, 3.8) is 0 Å². The number of nitrogens with zero attached hydrogens (tertiary/aromatic N) is 2. The van der Waals surface area contributed by atoms with Gasteiger partial charge in [-0.2, -0.15) is 4.31 Å². The molecule has 0 aromatic carbocycles. The van der Waals surface area contributed by atoms with Gasteiger partial charge in [0.2, 0.25) is 10.0 Å². The Morgan fingerprint density at radius 2 is 1.74 bits per heavy atom. The second kappa shape index (κ2) is 11.4. The lowest BCUT2D eigenvalue weighted by Crippen LogP contribution is -2.42. The fourth-order valence-corrected chi connectivity index (χ4v) is 4.75. The van der Waals surface area contributed by atoms with Crippen LogP contribution in [0.3, 0.4) is 0 Å². The highest BCUT2D eigenvalue weighted by Gasteiger charge is 2.24. The number of hydrogen-bond acceptors (Lipinski definition) is 5. The van der Waals surface area contributed by atoms with E-state index in [4.69, 9.17) is 10.5 Å². The minimum Gasteiger partial charge on any atom is -0.379 e. The molecule has 0 atom stereocenters. The van der Waals surface area contributed by atoms with Crippen LogP contribution in [0.15, 0.2) is 0 Å². The Bertz CT molecular complexity index is 395. The van der Waals surface area contributed by atoms with Crippen LogP contribution in [0.2, 0.25) is 0 Å². The first-order valence-corrected chi connectivity index (χ1v) is 10.6. The van der Waals surface area contributed by atoms with Crippen molar-refractivity contribution in [1.82, 2.24) is 9.21 Å². The zero-order valence-corrected chi connectivity index (χ0v) is 15.7. The monoisotopic (exact) mass is 349 g/mol. The van der Waals surface area contributed by atoms with Gasteiger partial charge >= 0.3 is 0 Å². The summed E-state index contributed by atoms with van der Waals surface area (Å²) in [7, 11) is -3.15. The molecule has 0 aromatic heterocycles. The first-order valence-electron chi connectivity index (χ1n) is 8.97. The van der Waals surface area contributed by atoms with E-state index >= 15 is 0 Å². The molecule has 0 spiro atoms. The highest BCUT2D eigenvalue weighted by atomic mass is 32.2. The van der Waals surface area contributed by atoms with Gasteiger partial charge in [0.15, 0.2) is 0 Å². The topological polar surface area (TPSA) is 75.9 Å². The van der Waals surface area contributed by atoms with Crippen LogP contribution in [-0.4, -0.2) is 75.4 Å². The minimum absolute atomic E-state index is 0.0220. The number of sulfonamides is 1. The van der Waals surface area contributed by atoms with Crippen molar-refractivity contribution in [1.29, 1.82) is 0 Å². The number of ether oxygens (including phenoxy) is 1. The van der Waals surface area contributed by atoms with Crippen LogP contribution in [0.4, 0.5) is 0 Å². The Balaban J connectivity index is 2.35. The summed E-state index contributed by atoms with van der Waals surface area (Å²) in [6.07, 6.45) is 4.55. The molecule has 138 valence electrons. The first-order chi connectivity index (χ1) is 11.0. The van der Waals surface area contributed by atoms with Crippen molar-refractivity contribution < 1.29 is 13.2 Å². The Hall–Kier alpha value is -0.210. The molecule has 1 heterocycles. The average molecular weight is 350 g/mol. The number of rotatable bonds is 12. The largest absolute Gasteiger partial charge is 0.379 e. The first kappa shape index (κ1) is 20.8. The van der Waals surface area contributed by atoms with E-state index in [1.807, 2.05) is 13.8 Å². The Morgan fingerprint density at radius 3 is 2.35 bits per heavy atom. The lowest BCUT2D eigenvalue weighted by Gasteiger charge is -2.29.